The minimum atomic E-state index is -0.553. The minimum Gasteiger partial charge on any atom is -0.392 e. The van der Waals surface area contributed by atoms with E-state index < -0.39 is 6.10 Å². The zero-order chi connectivity index (χ0) is 12.4. The fraction of sp³-hybridized carbons (Fsp3) is 0.333. The molecule has 0 spiro atoms. The summed E-state index contributed by atoms with van der Waals surface area (Å²) in [7, 11) is 0. The van der Waals surface area contributed by atoms with E-state index in [2.05, 4.69) is 10.4 Å². The van der Waals surface area contributed by atoms with Gasteiger partial charge in [0.15, 0.2) is 0 Å². The number of aliphatic hydroxyl groups excluding tert-OH is 1. The predicted octanol–water partition coefficient (Wildman–Crippen LogP) is 0.753. The van der Waals surface area contributed by atoms with Crippen molar-refractivity contribution in [2.45, 2.75) is 20.0 Å². The van der Waals surface area contributed by atoms with E-state index in [0.717, 1.165) is 11.1 Å². The van der Waals surface area contributed by atoms with Gasteiger partial charge in [-0.3, -0.25) is 4.79 Å². The van der Waals surface area contributed by atoms with Crippen LogP contribution in [0.1, 0.15) is 22.8 Å². The van der Waals surface area contributed by atoms with E-state index in [-0.39, 0.29) is 12.5 Å². The van der Waals surface area contributed by atoms with Crippen LogP contribution in [0.25, 0.3) is 5.52 Å². The Morgan fingerprint density at radius 3 is 3.12 bits per heavy atom. The number of hydrogen-bond acceptors (Lipinski definition) is 3. The number of nitrogens with one attached hydrogen (secondary N) is 1. The molecule has 0 fully saturated rings. The zero-order valence-corrected chi connectivity index (χ0v) is 9.84. The van der Waals surface area contributed by atoms with Crippen LogP contribution >= 0.6 is 0 Å². The third-order valence-electron chi connectivity index (χ3n) is 2.48. The summed E-state index contributed by atoms with van der Waals surface area (Å²) in [5.41, 5.74) is 2.37. The zero-order valence-electron chi connectivity index (χ0n) is 9.84. The molecule has 90 valence electrons. The molecule has 2 N–H and O–H groups in total. The largest absolute Gasteiger partial charge is 0.392 e. The number of carbonyl (C=O) groups excluding carboxylic acids is 1. The van der Waals surface area contributed by atoms with Crippen molar-refractivity contribution in [1.82, 2.24) is 14.9 Å². The van der Waals surface area contributed by atoms with Crippen LogP contribution in [0.15, 0.2) is 24.5 Å². The molecule has 1 atom stereocenters. The van der Waals surface area contributed by atoms with Gasteiger partial charge in [-0.1, -0.05) is 0 Å². The number of hydrogen-bond donors (Lipinski definition) is 2. The molecule has 0 bridgehead atoms. The quantitative estimate of drug-likeness (QED) is 0.822. The van der Waals surface area contributed by atoms with Crippen molar-refractivity contribution in [3.63, 3.8) is 0 Å². The summed E-state index contributed by atoms with van der Waals surface area (Å²) >= 11 is 0. The number of aryl methyl sites for hydroxylation is 1. The molecule has 2 rings (SSSR count). The van der Waals surface area contributed by atoms with E-state index in [0.29, 0.717) is 5.56 Å². The van der Waals surface area contributed by atoms with Gasteiger partial charge < -0.3 is 10.4 Å². The van der Waals surface area contributed by atoms with E-state index in [1.807, 2.05) is 25.3 Å². The maximum Gasteiger partial charge on any atom is 0.255 e. The molecule has 5 nitrogen and oxygen atoms in total. The Morgan fingerprint density at radius 1 is 1.65 bits per heavy atom. The van der Waals surface area contributed by atoms with Crippen LogP contribution in [0.3, 0.4) is 0 Å². The van der Waals surface area contributed by atoms with E-state index in [1.54, 1.807) is 11.4 Å². The standard InChI is InChI=1S/C12H15N3O2/c1-8-3-4-15-11(5-8)10(7-14-15)12(17)13-6-9(2)16/h3-5,7,9,16H,6H2,1-2H3,(H,13,17). The average molecular weight is 233 g/mol. The number of nitrogens with zero attached hydrogens (tertiary/aromatic N) is 2. The number of rotatable bonds is 3. The molecule has 1 amide bonds. The third-order valence-corrected chi connectivity index (χ3v) is 2.48. The van der Waals surface area contributed by atoms with Crippen LogP contribution in [0.5, 0.6) is 0 Å². The molecule has 0 aliphatic heterocycles. The first kappa shape index (κ1) is 11.6. The van der Waals surface area contributed by atoms with E-state index >= 15 is 0 Å². The first-order chi connectivity index (χ1) is 8.08. The van der Waals surface area contributed by atoms with Crippen molar-refractivity contribution < 1.29 is 9.90 Å². The van der Waals surface area contributed by atoms with Crippen molar-refractivity contribution in [3.05, 3.63) is 35.7 Å². The maximum absolute atomic E-state index is 11.9. The Labute approximate surface area is 99.1 Å². The highest BCUT2D eigenvalue weighted by Gasteiger charge is 2.12. The van der Waals surface area contributed by atoms with Gasteiger partial charge in [0.2, 0.25) is 0 Å². The Bertz CT molecular complexity index is 546. The van der Waals surface area contributed by atoms with Crippen molar-refractivity contribution in [2.75, 3.05) is 6.54 Å². The summed E-state index contributed by atoms with van der Waals surface area (Å²) in [4.78, 5) is 11.9. The van der Waals surface area contributed by atoms with Crippen LogP contribution in [0, 0.1) is 6.92 Å². The number of carbonyl (C=O) groups is 1. The molecule has 2 aromatic heterocycles. The summed E-state index contributed by atoms with van der Waals surface area (Å²) in [5.74, 6) is -0.216. The lowest BCUT2D eigenvalue weighted by molar-refractivity contribution is 0.0925. The van der Waals surface area contributed by atoms with E-state index in [1.165, 1.54) is 6.20 Å². The maximum atomic E-state index is 11.9. The van der Waals surface area contributed by atoms with Crippen molar-refractivity contribution in [3.8, 4) is 0 Å². The molecule has 0 aromatic carbocycles. The van der Waals surface area contributed by atoms with E-state index in [4.69, 9.17) is 5.11 Å². The fourth-order valence-corrected chi connectivity index (χ4v) is 1.60. The molecule has 0 aliphatic rings. The summed E-state index contributed by atoms with van der Waals surface area (Å²) in [6.07, 6.45) is 2.80. The topological polar surface area (TPSA) is 66.6 Å². The number of fused-ring (bicyclic) bond motifs is 1. The van der Waals surface area contributed by atoms with Crippen LogP contribution in [0.4, 0.5) is 0 Å². The predicted molar refractivity (Wildman–Crippen MR) is 63.9 cm³/mol. The van der Waals surface area contributed by atoms with Gasteiger partial charge in [-0.15, -0.1) is 0 Å². The first-order valence-corrected chi connectivity index (χ1v) is 5.48. The first-order valence-electron chi connectivity index (χ1n) is 5.48. The number of amides is 1. The average Bonchev–Trinajstić information content (AvgIpc) is 2.68. The molecule has 0 radical (unpaired) electrons. The van der Waals surface area contributed by atoms with Gasteiger partial charge in [-0.2, -0.15) is 5.10 Å². The van der Waals surface area contributed by atoms with Crippen LogP contribution < -0.4 is 5.32 Å². The molecule has 0 saturated carbocycles. The number of aromatic nitrogens is 2. The normalized spacial score (nSPS) is 12.6. The van der Waals surface area contributed by atoms with Gasteiger partial charge in [-0.05, 0) is 31.5 Å². The Balaban J connectivity index is 2.29. The molecule has 0 saturated heterocycles. The monoisotopic (exact) mass is 233 g/mol. The minimum absolute atomic E-state index is 0.216. The Morgan fingerprint density at radius 2 is 2.41 bits per heavy atom. The summed E-state index contributed by atoms with van der Waals surface area (Å²) < 4.78 is 1.66. The molecular formula is C12H15N3O2. The van der Waals surface area contributed by atoms with Gasteiger partial charge in [-0.25, -0.2) is 4.52 Å². The Kier molecular flexibility index (Phi) is 3.10. The second-order valence-electron chi connectivity index (χ2n) is 4.15. The lowest BCUT2D eigenvalue weighted by Crippen LogP contribution is -2.30. The Hall–Kier alpha value is -1.88. The highest BCUT2D eigenvalue weighted by Crippen LogP contribution is 2.12. The van der Waals surface area contributed by atoms with Crippen molar-refractivity contribution in [2.24, 2.45) is 0 Å². The highest BCUT2D eigenvalue weighted by atomic mass is 16.3. The lowest BCUT2D eigenvalue weighted by Gasteiger charge is -2.06. The highest BCUT2D eigenvalue weighted by molar-refractivity contribution is 6.00. The van der Waals surface area contributed by atoms with Gasteiger partial charge in [0.05, 0.1) is 23.4 Å². The van der Waals surface area contributed by atoms with E-state index in [9.17, 15) is 4.79 Å². The van der Waals surface area contributed by atoms with Gasteiger partial charge in [0, 0.05) is 12.7 Å². The van der Waals surface area contributed by atoms with Gasteiger partial charge in [0.25, 0.3) is 5.91 Å². The lowest BCUT2D eigenvalue weighted by atomic mass is 10.2. The molecule has 1 unspecified atom stereocenters. The number of pyridine rings is 1. The third kappa shape index (κ3) is 2.45. The molecule has 2 aromatic rings. The summed E-state index contributed by atoms with van der Waals surface area (Å²) in [6.45, 7) is 3.83. The second-order valence-corrected chi connectivity index (χ2v) is 4.15. The molecule has 17 heavy (non-hydrogen) atoms. The smallest absolute Gasteiger partial charge is 0.255 e. The molecule has 0 aliphatic carbocycles. The molecule has 5 heteroatoms. The summed E-state index contributed by atoms with van der Waals surface area (Å²) in [5, 5.41) is 15.9. The summed E-state index contributed by atoms with van der Waals surface area (Å²) in [6, 6.07) is 3.84. The van der Waals surface area contributed by atoms with Gasteiger partial charge >= 0.3 is 0 Å². The molecular weight excluding hydrogens is 218 g/mol. The van der Waals surface area contributed by atoms with Crippen LogP contribution in [0.2, 0.25) is 0 Å². The van der Waals surface area contributed by atoms with Crippen LogP contribution in [-0.2, 0) is 0 Å². The van der Waals surface area contributed by atoms with Gasteiger partial charge in [0.1, 0.15) is 0 Å². The van der Waals surface area contributed by atoms with Crippen molar-refractivity contribution in [1.29, 1.82) is 0 Å². The van der Waals surface area contributed by atoms with Crippen LogP contribution in [-0.4, -0.2) is 33.3 Å². The molecule has 2 heterocycles. The SMILES string of the molecule is Cc1ccn2ncc(C(=O)NCC(C)O)c2c1. The fourth-order valence-electron chi connectivity index (χ4n) is 1.60. The second kappa shape index (κ2) is 4.55. The number of aliphatic hydroxyl groups is 1. The van der Waals surface area contributed by atoms with Crippen molar-refractivity contribution >= 4 is 11.4 Å².